The van der Waals surface area contributed by atoms with Gasteiger partial charge < -0.3 is 5.32 Å². The van der Waals surface area contributed by atoms with Gasteiger partial charge in [-0.05, 0) is 41.3 Å². The van der Waals surface area contributed by atoms with Crippen LogP contribution < -0.4 is 5.32 Å². The fourth-order valence-electron chi connectivity index (χ4n) is 2.13. The van der Waals surface area contributed by atoms with E-state index in [1.165, 1.54) is 0 Å². The topological polar surface area (TPSA) is 54.9 Å². The number of hydrogen-bond acceptors (Lipinski definition) is 4. The van der Waals surface area contributed by atoms with Crippen LogP contribution in [-0.4, -0.2) is 15.9 Å². The van der Waals surface area contributed by atoms with Crippen LogP contribution in [0.3, 0.4) is 0 Å². The molecule has 3 heterocycles. The molecule has 1 N–H and O–H groups in total. The van der Waals surface area contributed by atoms with Gasteiger partial charge in [0.2, 0.25) is 5.91 Å². The fraction of sp³-hybridized carbons (Fsp3) is 0.0556. The van der Waals surface area contributed by atoms with Gasteiger partial charge in [-0.3, -0.25) is 14.8 Å². The second-order valence-corrected chi connectivity index (χ2v) is 5.80. The monoisotopic (exact) mass is 321 g/mol. The van der Waals surface area contributed by atoms with E-state index in [4.69, 9.17) is 0 Å². The number of aromatic nitrogens is 2. The van der Waals surface area contributed by atoms with Crippen molar-refractivity contribution in [3.63, 3.8) is 0 Å². The van der Waals surface area contributed by atoms with Crippen molar-refractivity contribution < 1.29 is 4.79 Å². The highest BCUT2D eigenvalue weighted by Gasteiger charge is 2.07. The summed E-state index contributed by atoms with van der Waals surface area (Å²) in [6, 6.07) is 11.6. The number of rotatable bonds is 5. The number of nitrogens with zero attached hydrogens (tertiary/aromatic N) is 2. The lowest BCUT2D eigenvalue weighted by atomic mass is 10.1. The van der Waals surface area contributed by atoms with Crippen LogP contribution in [0.15, 0.2) is 66.4 Å². The standard InChI is InChI=1S/C18H15N3OS/c22-17(8-7-16-6-3-11-23-16)21-13-15-5-2-10-20-18(15)14-4-1-9-19-12-14/h1-12H,13H2,(H,21,22)/b8-7+. The van der Waals surface area contributed by atoms with E-state index in [0.29, 0.717) is 6.54 Å². The molecule has 0 aliphatic heterocycles. The Morgan fingerprint density at radius 1 is 1.17 bits per heavy atom. The Morgan fingerprint density at radius 3 is 2.87 bits per heavy atom. The number of pyridine rings is 2. The highest BCUT2D eigenvalue weighted by atomic mass is 32.1. The third kappa shape index (κ3) is 4.11. The maximum atomic E-state index is 11.9. The minimum Gasteiger partial charge on any atom is -0.348 e. The Hall–Kier alpha value is -2.79. The van der Waals surface area contributed by atoms with Crippen LogP contribution >= 0.6 is 11.3 Å². The Bertz CT molecular complexity index is 798. The summed E-state index contributed by atoms with van der Waals surface area (Å²) in [5, 5.41) is 4.87. The lowest BCUT2D eigenvalue weighted by Gasteiger charge is -2.08. The van der Waals surface area contributed by atoms with Crippen LogP contribution in [-0.2, 0) is 11.3 Å². The highest BCUT2D eigenvalue weighted by Crippen LogP contribution is 2.19. The van der Waals surface area contributed by atoms with Crippen LogP contribution in [0.25, 0.3) is 17.3 Å². The maximum Gasteiger partial charge on any atom is 0.244 e. The van der Waals surface area contributed by atoms with Crippen molar-refractivity contribution in [2.45, 2.75) is 6.54 Å². The largest absolute Gasteiger partial charge is 0.348 e. The number of carbonyl (C=O) groups is 1. The molecule has 3 aromatic heterocycles. The van der Waals surface area contributed by atoms with Gasteiger partial charge in [0, 0.05) is 41.7 Å². The van der Waals surface area contributed by atoms with Crippen LogP contribution in [0.2, 0.25) is 0 Å². The van der Waals surface area contributed by atoms with Crippen molar-refractivity contribution in [3.05, 3.63) is 76.9 Å². The summed E-state index contributed by atoms with van der Waals surface area (Å²) < 4.78 is 0. The predicted molar refractivity (Wildman–Crippen MR) is 92.7 cm³/mol. The molecular weight excluding hydrogens is 306 g/mol. The molecule has 0 radical (unpaired) electrons. The van der Waals surface area contributed by atoms with Gasteiger partial charge in [-0.15, -0.1) is 11.3 Å². The molecule has 0 saturated heterocycles. The number of thiophene rings is 1. The predicted octanol–water partition coefficient (Wildman–Crippen LogP) is 3.53. The van der Waals surface area contributed by atoms with E-state index >= 15 is 0 Å². The van der Waals surface area contributed by atoms with Crippen molar-refractivity contribution in [3.8, 4) is 11.3 Å². The normalized spacial score (nSPS) is 10.8. The molecule has 0 aromatic carbocycles. The van der Waals surface area contributed by atoms with Gasteiger partial charge in [-0.1, -0.05) is 12.1 Å². The third-order valence-electron chi connectivity index (χ3n) is 3.22. The summed E-state index contributed by atoms with van der Waals surface area (Å²) in [6.45, 7) is 0.422. The molecule has 0 bridgehead atoms. The molecule has 0 saturated carbocycles. The van der Waals surface area contributed by atoms with Gasteiger partial charge in [-0.25, -0.2) is 0 Å². The lowest BCUT2D eigenvalue weighted by molar-refractivity contribution is -0.116. The zero-order chi connectivity index (χ0) is 15.9. The molecule has 0 spiro atoms. The first-order chi connectivity index (χ1) is 11.3. The molecule has 0 atom stereocenters. The van der Waals surface area contributed by atoms with Crippen molar-refractivity contribution in [2.24, 2.45) is 0 Å². The smallest absolute Gasteiger partial charge is 0.244 e. The quantitative estimate of drug-likeness (QED) is 0.731. The van der Waals surface area contributed by atoms with E-state index in [1.807, 2.05) is 47.9 Å². The molecule has 0 aliphatic rings. The fourth-order valence-corrected chi connectivity index (χ4v) is 2.75. The van der Waals surface area contributed by atoms with Gasteiger partial charge in [0.1, 0.15) is 0 Å². The van der Waals surface area contributed by atoms with E-state index in [0.717, 1.165) is 21.7 Å². The Balaban J connectivity index is 1.68. The van der Waals surface area contributed by atoms with Crippen LogP contribution in [0.1, 0.15) is 10.4 Å². The summed E-state index contributed by atoms with van der Waals surface area (Å²) in [4.78, 5) is 21.5. The maximum absolute atomic E-state index is 11.9. The Labute approximate surface area is 138 Å². The first-order valence-corrected chi connectivity index (χ1v) is 8.04. The number of amides is 1. The highest BCUT2D eigenvalue weighted by molar-refractivity contribution is 7.10. The van der Waals surface area contributed by atoms with Crippen LogP contribution in [0.5, 0.6) is 0 Å². The van der Waals surface area contributed by atoms with Gasteiger partial charge >= 0.3 is 0 Å². The van der Waals surface area contributed by atoms with Crippen LogP contribution in [0, 0.1) is 0 Å². The average molecular weight is 321 g/mol. The third-order valence-corrected chi connectivity index (χ3v) is 4.06. The number of hydrogen-bond donors (Lipinski definition) is 1. The van der Waals surface area contributed by atoms with E-state index in [-0.39, 0.29) is 5.91 Å². The second-order valence-electron chi connectivity index (χ2n) is 4.82. The molecule has 3 rings (SSSR count). The molecule has 23 heavy (non-hydrogen) atoms. The minimum absolute atomic E-state index is 0.126. The molecular formula is C18H15N3OS. The molecule has 0 unspecified atom stereocenters. The SMILES string of the molecule is O=C(/C=C/c1cccs1)NCc1cccnc1-c1cccnc1. The molecule has 5 heteroatoms. The second kappa shape index (κ2) is 7.47. The molecule has 0 aliphatic carbocycles. The first-order valence-electron chi connectivity index (χ1n) is 7.16. The molecule has 0 fully saturated rings. The lowest BCUT2D eigenvalue weighted by Crippen LogP contribution is -2.20. The average Bonchev–Trinajstić information content (AvgIpc) is 3.13. The van der Waals surface area contributed by atoms with Gasteiger partial charge in [0.25, 0.3) is 0 Å². The van der Waals surface area contributed by atoms with Crippen molar-refractivity contribution in [1.29, 1.82) is 0 Å². The van der Waals surface area contributed by atoms with Crippen LogP contribution in [0.4, 0.5) is 0 Å². The molecule has 3 aromatic rings. The minimum atomic E-state index is -0.126. The summed E-state index contributed by atoms with van der Waals surface area (Å²) in [5.74, 6) is -0.126. The van der Waals surface area contributed by atoms with Crippen molar-refractivity contribution in [2.75, 3.05) is 0 Å². The Morgan fingerprint density at radius 2 is 2.09 bits per heavy atom. The van der Waals surface area contributed by atoms with E-state index < -0.39 is 0 Å². The summed E-state index contributed by atoms with van der Waals surface area (Å²) in [6.07, 6.45) is 8.59. The molecule has 114 valence electrons. The summed E-state index contributed by atoms with van der Waals surface area (Å²) in [7, 11) is 0. The number of nitrogens with one attached hydrogen (secondary N) is 1. The zero-order valence-electron chi connectivity index (χ0n) is 12.3. The zero-order valence-corrected chi connectivity index (χ0v) is 13.2. The van der Waals surface area contributed by atoms with E-state index in [2.05, 4.69) is 15.3 Å². The Kier molecular flexibility index (Phi) is 4.91. The molecule has 4 nitrogen and oxygen atoms in total. The summed E-state index contributed by atoms with van der Waals surface area (Å²) in [5.41, 5.74) is 2.73. The first kappa shape index (κ1) is 15.1. The van der Waals surface area contributed by atoms with Crippen molar-refractivity contribution >= 4 is 23.3 Å². The summed E-state index contributed by atoms with van der Waals surface area (Å²) >= 11 is 1.60. The van der Waals surface area contributed by atoms with E-state index in [9.17, 15) is 4.79 Å². The molecule has 1 amide bonds. The number of carbonyl (C=O) groups excluding carboxylic acids is 1. The van der Waals surface area contributed by atoms with Gasteiger partial charge in [-0.2, -0.15) is 0 Å². The van der Waals surface area contributed by atoms with E-state index in [1.54, 1.807) is 36.0 Å². The van der Waals surface area contributed by atoms with Gasteiger partial charge in [0.05, 0.1) is 5.69 Å². The van der Waals surface area contributed by atoms with Crippen molar-refractivity contribution in [1.82, 2.24) is 15.3 Å². The van der Waals surface area contributed by atoms with Gasteiger partial charge in [0.15, 0.2) is 0 Å².